The van der Waals surface area contributed by atoms with Gasteiger partial charge in [0.1, 0.15) is 5.60 Å². The van der Waals surface area contributed by atoms with Crippen molar-refractivity contribution in [3.63, 3.8) is 0 Å². The maximum absolute atomic E-state index is 12.8. The summed E-state index contributed by atoms with van der Waals surface area (Å²) in [6.45, 7) is 20.8. The summed E-state index contributed by atoms with van der Waals surface area (Å²) < 4.78 is 6.05. The van der Waals surface area contributed by atoms with Crippen LogP contribution in [-0.2, 0) is 9.53 Å². The van der Waals surface area contributed by atoms with Crippen molar-refractivity contribution in [1.82, 2.24) is 0 Å². The van der Waals surface area contributed by atoms with E-state index in [0.29, 0.717) is 0 Å². The van der Waals surface area contributed by atoms with Crippen molar-refractivity contribution in [3.05, 3.63) is 0 Å². The molecular formula is C22H48O2. The van der Waals surface area contributed by atoms with Gasteiger partial charge in [0.2, 0.25) is 0 Å². The van der Waals surface area contributed by atoms with Crippen LogP contribution in [0, 0.1) is 10.8 Å². The van der Waals surface area contributed by atoms with Crippen molar-refractivity contribution < 1.29 is 9.53 Å². The molecule has 0 aliphatic heterocycles. The molecule has 1 saturated carbocycles. The Labute approximate surface area is 154 Å². The Morgan fingerprint density at radius 2 is 1.38 bits per heavy atom. The fraction of sp³-hybridized carbons (Fsp3) is 0.955. The molecule has 2 heteroatoms. The summed E-state index contributed by atoms with van der Waals surface area (Å²) in [6.07, 6.45) is 7.34. The maximum atomic E-state index is 12.8. The van der Waals surface area contributed by atoms with E-state index in [1.54, 1.807) is 0 Å². The van der Waals surface area contributed by atoms with Crippen LogP contribution in [0.2, 0.25) is 0 Å². The van der Waals surface area contributed by atoms with E-state index >= 15 is 0 Å². The van der Waals surface area contributed by atoms with Gasteiger partial charge in [0.15, 0.2) is 0 Å². The number of hydrogen-bond acceptors (Lipinski definition) is 2. The van der Waals surface area contributed by atoms with Gasteiger partial charge in [-0.2, -0.15) is 0 Å². The van der Waals surface area contributed by atoms with E-state index in [-0.39, 0.29) is 29.8 Å². The third-order valence-electron chi connectivity index (χ3n) is 5.32. The van der Waals surface area contributed by atoms with E-state index in [1.165, 1.54) is 12.8 Å². The Hall–Kier alpha value is -0.530. The molecule has 0 bridgehead atoms. The molecular weight excluding hydrogens is 296 g/mol. The summed E-state index contributed by atoms with van der Waals surface area (Å²) in [6, 6.07) is 0. The summed E-state index contributed by atoms with van der Waals surface area (Å²) in [4.78, 5) is 12.8. The average molecular weight is 345 g/mol. The SMILES string of the molecule is C.CC.CC.CCCC(C)(C(=O)OC1(CC)CCCC1)C(C)(C)C. The highest BCUT2D eigenvalue weighted by Gasteiger charge is 2.48. The molecule has 148 valence electrons. The summed E-state index contributed by atoms with van der Waals surface area (Å²) in [5.74, 6) is 0.0191. The van der Waals surface area contributed by atoms with Gasteiger partial charge in [0, 0.05) is 0 Å². The van der Waals surface area contributed by atoms with Crippen molar-refractivity contribution >= 4 is 5.97 Å². The second-order valence-corrected chi connectivity index (χ2v) is 7.47. The molecule has 0 saturated heterocycles. The first-order chi connectivity index (χ1) is 10.7. The predicted octanol–water partition coefficient (Wildman–Crippen LogP) is 7.79. The zero-order chi connectivity index (χ0) is 18.7. The zero-order valence-corrected chi connectivity index (χ0v) is 17.8. The Balaban J connectivity index is -0.000000817. The smallest absolute Gasteiger partial charge is 0.312 e. The number of carbonyl (C=O) groups is 1. The van der Waals surface area contributed by atoms with Gasteiger partial charge in [0.25, 0.3) is 0 Å². The molecule has 1 unspecified atom stereocenters. The van der Waals surface area contributed by atoms with Crippen molar-refractivity contribution in [2.75, 3.05) is 0 Å². The molecule has 0 amide bonds. The molecule has 0 radical (unpaired) electrons. The van der Waals surface area contributed by atoms with Crippen molar-refractivity contribution in [3.8, 4) is 0 Å². The second-order valence-electron chi connectivity index (χ2n) is 7.47. The predicted molar refractivity (Wildman–Crippen MR) is 109 cm³/mol. The second kappa shape index (κ2) is 12.8. The third kappa shape index (κ3) is 7.15. The molecule has 0 aromatic carbocycles. The quantitative estimate of drug-likeness (QED) is 0.476. The summed E-state index contributed by atoms with van der Waals surface area (Å²) >= 11 is 0. The van der Waals surface area contributed by atoms with Gasteiger partial charge in [-0.05, 0) is 50.9 Å². The molecule has 1 aliphatic carbocycles. The highest BCUT2D eigenvalue weighted by Crippen LogP contribution is 2.46. The molecule has 2 nitrogen and oxygen atoms in total. The number of hydrogen-bond donors (Lipinski definition) is 0. The number of ether oxygens (including phenoxy) is 1. The highest BCUT2D eigenvalue weighted by molar-refractivity contribution is 5.77. The van der Waals surface area contributed by atoms with E-state index in [9.17, 15) is 4.79 Å². The lowest BCUT2D eigenvalue weighted by Crippen LogP contribution is -2.45. The minimum Gasteiger partial charge on any atom is -0.459 e. The van der Waals surface area contributed by atoms with Gasteiger partial charge in [-0.1, -0.05) is 76.2 Å². The minimum absolute atomic E-state index is 0. The highest BCUT2D eigenvalue weighted by atomic mass is 16.6. The molecule has 0 heterocycles. The Bertz CT molecular complexity index is 308. The van der Waals surface area contributed by atoms with Gasteiger partial charge < -0.3 is 4.74 Å². The fourth-order valence-electron chi connectivity index (χ4n) is 3.14. The molecule has 1 aliphatic rings. The van der Waals surface area contributed by atoms with Crippen molar-refractivity contribution in [1.29, 1.82) is 0 Å². The third-order valence-corrected chi connectivity index (χ3v) is 5.32. The molecule has 24 heavy (non-hydrogen) atoms. The number of carbonyl (C=O) groups excluding carboxylic acids is 1. The standard InChI is InChI=1S/C17H32O2.2C2H6.CH4/c1-7-11-16(6,15(3,4)5)14(18)19-17(8-2)12-9-10-13-17;2*1-2;/h7-13H2,1-6H3;2*1-2H3;1H4. The van der Waals surface area contributed by atoms with Crippen LogP contribution in [0.15, 0.2) is 0 Å². The van der Waals surface area contributed by atoms with E-state index in [2.05, 4.69) is 41.5 Å². The van der Waals surface area contributed by atoms with Crippen molar-refractivity contribution in [2.45, 2.75) is 127 Å². The maximum Gasteiger partial charge on any atom is 0.312 e. The van der Waals surface area contributed by atoms with Crippen LogP contribution < -0.4 is 0 Å². The van der Waals surface area contributed by atoms with Crippen LogP contribution in [0.1, 0.15) is 122 Å². The monoisotopic (exact) mass is 344 g/mol. The van der Waals surface area contributed by atoms with Crippen LogP contribution in [0.4, 0.5) is 0 Å². The first-order valence-electron chi connectivity index (χ1n) is 9.94. The van der Waals surface area contributed by atoms with E-state index in [0.717, 1.165) is 32.1 Å². The van der Waals surface area contributed by atoms with Crippen LogP contribution in [0.3, 0.4) is 0 Å². The normalized spacial score (nSPS) is 17.9. The Kier molecular flexibility index (Phi) is 15.1. The first-order valence-corrected chi connectivity index (χ1v) is 9.94. The number of rotatable bonds is 5. The first kappa shape index (κ1) is 28.3. The summed E-state index contributed by atoms with van der Waals surface area (Å²) in [5, 5.41) is 0. The molecule has 0 spiro atoms. The van der Waals surface area contributed by atoms with E-state index in [4.69, 9.17) is 4.74 Å². The zero-order valence-electron chi connectivity index (χ0n) is 17.8. The lowest BCUT2D eigenvalue weighted by molar-refractivity contribution is -0.179. The molecule has 0 N–H and O–H groups in total. The van der Waals surface area contributed by atoms with E-state index < -0.39 is 0 Å². The minimum atomic E-state index is -0.382. The van der Waals surface area contributed by atoms with Crippen molar-refractivity contribution in [2.24, 2.45) is 10.8 Å². The summed E-state index contributed by atoms with van der Waals surface area (Å²) in [7, 11) is 0. The lowest BCUT2D eigenvalue weighted by atomic mass is 9.65. The van der Waals surface area contributed by atoms with Crippen LogP contribution in [0.25, 0.3) is 0 Å². The van der Waals surface area contributed by atoms with Crippen LogP contribution in [-0.4, -0.2) is 11.6 Å². The largest absolute Gasteiger partial charge is 0.459 e. The van der Waals surface area contributed by atoms with Gasteiger partial charge >= 0.3 is 5.97 Å². The Morgan fingerprint density at radius 3 is 1.67 bits per heavy atom. The lowest BCUT2D eigenvalue weighted by Gasteiger charge is -2.42. The topological polar surface area (TPSA) is 26.3 Å². The molecule has 0 aromatic heterocycles. The van der Waals surface area contributed by atoms with E-state index in [1.807, 2.05) is 27.7 Å². The average Bonchev–Trinajstić information content (AvgIpc) is 2.99. The molecule has 0 aromatic rings. The van der Waals surface area contributed by atoms with Gasteiger partial charge in [-0.15, -0.1) is 0 Å². The summed E-state index contributed by atoms with van der Waals surface area (Å²) in [5.41, 5.74) is -0.614. The molecule has 1 fully saturated rings. The van der Waals surface area contributed by atoms with Gasteiger partial charge in [-0.25, -0.2) is 0 Å². The van der Waals surface area contributed by atoms with Crippen LogP contribution >= 0.6 is 0 Å². The van der Waals surface area contributed by atoms with Gasteiger partial charge in [0.05, 0.1) is 5.41 Å². The van der Waals surface area contributed by atoms with Gasteiger partial charge in [-0.3, -0.25) is 4.79 Å². The fourth-order valence-corrected chi connectivity index (χ4v) is 3.14. The number of esters is 1. The van der Waals surface area contributed by atoms with Crippen LogP contribution in [0.5, 0.6) is 0 Å². The molecule has 1 atom stereocenters. The molecule has 1 rings (SSSR count). The Morgan fingerprint density at radius 1 is 0.958 bits per heavy atom.